The van der Waals surface area contributed by atoms with Crippen molar-refractivity contribution in [2.24, 2.45) is 5.73 Å². The average molecular weight is 368 g/mol. The highest BCUT2D eigenvalue weighted by Gasteiger charge is 2.36. The Balaban J connectivity index is 0.00000225. The second kappa shape index (κ2) is 8.54. The largest absolute Gasteiger partial charge is 0.484 e. The number of carbonyl (C=O) groups excluding carboxylic acids is 2. The van der Waals surface area contributed by atoms with Crippen molar-refractivity contribution in [1.82, 2.24) is 4.90 Å². The van der Waals surface area contributed by atoms with Crippen molar-refractivity contribution in [1.29, 1.82) is 0 Å². The molecular formula is C18H26ClN3O3. The lowest BCUT2D eigenvalue weighted by atomic mass is 9.98. The highest BCUT2D eigenvalue weighted by molar-refractivity contribution is 5.98. The zero-order valence-corrected chi connectivity index (χ0v) is 15.1. The summed E-state index contributed by atoms with van der Waals surface area (Å²) in [6.45, 7) is 1.66. The van der Waals surface area contributed by atoms with Gasteiger partial charge >= 0.3 is 0 Å². The summed E-state index contributed by atoms with van der Waals surface area (Å²) in [4.78, 5) is 26.2. The number of nitrogens with zero attached hydrogens (tertiary/aromatic N) is 1. The molecule has 1 aromatic rings. The molecule has 1 saturated heterocycles. The molecule has 1 aliphatic carbocycles. The molecule has 0 spiro atoms. The van der Waals surface area contributed by atoms with Gasteiger partial charge in [-0.05, 0) is 37.8 Å². The first-order chi connectivity index (χ1) is 11.6. The second-order valence-electron chi connectivity index (χ2n) is 6.72. The number of nitrogens with one attached hydrogen (secondary N) is 1. The van der Waals surface area contributed by atoms with Crippen LogP contribution in [0, 0.1) is 0 Å². The molecule has 0 atom stereocenters. The third kappa shape index (κ3) is 4.86. The zero-order chi connectivity index (χ0) is 17.0. The predicted molar refractivity (Wildman–Crippen MR) is 99.0 cm³/mol. The van der Waals surface area contributed by atoms with E-state index in [2.05, 4.69) is 5.32 Å². The van der Waals surface area contributed by atoms with Gasteiger partial charge in [-0.25, -0.2) is 0 Å². The van der Waals surface area contributed by atoms with E-state index in [1.165, 1.54) is 0 Å². The minimum Gasteiger partial charge on any atom is -0.484 e. The van der Waals surface area contributed by atoms with E-state index < -0.39 is 5.54 Å². The fourth-order valence-corrected chi connectivity index (χ4v) is 3.36. The van der Waals surface area contributed by atoms with Crippen LogP contribution >= 0.6 is 12.4 Å². The van der Waals surface area contributed by atoms with Crippen LogP contribution in [-0.4, -0.2) is 41.9 Å². The SMILES string of the molecule is Cl.NC1(C(=O)Nc2cccc(OCC(=O)N3CCCC3)c2)CCCC1. The van der Waals surface area contributed by atoms with Gasteiger partial charge in [-0.3, -0.25) is 9.59 Å². The summed E-state index contributed by atoms with van der Waals surface area (Å²) >= 11 is 0. The van der Waals surface area contributed by atoms with Gasteiger partial charge in [-0.1, -0.05) is 18.9 Å². The molecule has 7 heteroatoms. The van der Waals surface area contributed by atoms with Crippen molar-refractivity contribution >= 4 is 29.9 Å². The molecule has 0 radical (unpaired) electrons. The molecule has 25 heavy (non-hydrogen) atoms. The van der Waals surface area contributed by atoms with Gasteiger partial charge in [0, 0.05) is 24.8 Å². The van der Waals surface area contributed by atoms with Crippen molar-refractivity contribution in [3.8, 4) is 5.75 Å². The van der Waals surface area contributed by atoms with Crippen LogP contribution in [0.25, 0.3) is 0 Å². The van der Waals surface area contributed by atoms with E-state index in [1.807, 2.05) is 4.90 Å². The number of amides is 2. The van der Waals surface area contributed by atoms with Crippen molar-refractivity contribution in [3.05, 3.63) is 24.3 Å². The quantitative estimate of drug-likeness (QED) is 0.836. The number of benzene rings is 1. The molecule has 1 aromatic carbocycles. The minimum atomic E-state index is -0.761. The summed E-state index contributed by atoms with van der Waals surface area (Å²) in [7, 11) is 0. The topological polar surface area (TPSA) is 84.7 Å². The van der Waals surface area contributed by atoms with Gasteiger partial charge in [0.15, 0.2) is 6.61 Å². The summed E-state index contributed by atoms with van der Waals surface area (Å²) in [6.07, 6.45) is 5.55. The Kier molecular flexibility index (Phi) is 6.67. The van der Waals surface area contributed by atoms with Crippen LogP contribution in [0.5, 0.6) is 5.75 Å². The Morgan fingerprint density at radius 3 is 2.52 bits per heavy atom. The van der Waals surface area contributed by atoms with Crippen LogP contribution < -0.4 is 15.8 Å². The van der Waals surface area contributed by atoms with Crippen LogP contribution in [0.1, 0.15) is 38.5 Å². The Labute approximate surface area is 154 Å². The van der Waals surface area contributed by atoms with Crippen LogP contribution in [-0.2, 0) is 9.59 Å². The lowest BCUT2D eigenvalue weighted by molar-refractivity contribution is -0.132. The smallest absolute Gasteiger partial charge is 0.260 e. The molecule has 3 rings (SSSR count). The Morgan fingerprint density at radius 1 is 1.16 bits per heavy atom. The third-order valence-electron chi connectivity index (χ3n) is 4.86. The van der Waals surface area contributed by atoms with Gasteiger partial charge in [-0.2, -0.15) is 0 Å². The first kappa shape index (κ1) is 19.5. The fourth-order valence-electron chi connectivity index (χ4n) is 3.36. The van der Waals surface area contributed by atoms with E-state index in [0.29, 0.717) is 11.4 Å². The van der Waals surface area contributed by atoms with Crippen LogP contribution in [0.15, 0.2) is 24.3 Å². The third-order valence-corrected chi connectivity index (χ3v) is 4.86. The van der Waals surface area contributed by atoms with E-state index in [4.69, 9.17) is 10.5 Å². The second-order valence-corrected chi connectivity index (χ2v) is 6.72. The highest BCUT2D eigenvalue weighted by atomic mass is 35.5. The molecule has 1 heterocycles. The van der Waals surface area contributed by atoms with Gasteiger partial charge < -0.3 is 20.7 Å². The first-order valence-corrected chi connectivity index (χ1v) is 8.68. The molecule has 3 N–H and O–H groups in total. The van der Waals surface area contributed by atoms with Crippen LogP contribution in [0.4, 0.5) is 5.69 Å². The number of likely N-dealkylation sites (tertiary alicyclic amines) is 1. The van der Waals surface area contributed by atoms with Crippen molar-refractivity contribution in [2.75, 3.05) is 25.0 Å². The lowest BCUT2D eigenvalue weighted by Crippen LogP contribution is -2.48. The van der Waals surface area contributed by atoms with Gasteiger partial charge in [-0.15, -0.1) is 12.4 Å². The number of hydrogen-bond acceptors (Lipinski definition) is 4. The maximum atomic E-state index is 12.4. The molecular weight excluding hydrogens is 342 g/mol. The number of rotatable bonds is 5. The predicted octanol–water partition coefficient (Wildman–Crippen LogP) is 2.32. The van der Waals surface area contributed by atoms with Crippen molar-refractivity contribution in [2.45, 2.75) is 44.1 Å². The summed E-state index contributed by atoms with van der Waals surface area (Å²) in [5, 5.41) is 2.87. The Bertz CT molecular complexity index is 611. The van der Waals surface area contributed by atoms with Gasteiger partial charge in [0.2, 0.25) is 5.91 Å². The Morgan fingerprint density at radius 2 is 1.84 bits per heavy atom. The number of nitrogens with two attached hydrogens (primary N) is 1. The Hall–Kier alpha value is -1.79. The molecule has 2 amide bonds. The molecule has 0 bridgehead atoms. The van der Waals surface area contributed by atoms with Crippen molar-refractivity contribution < 1.29 is 14.3 Å². The van der Waals surface area contributed by atoms with Gasteiger partial charge in [0.1, 0.15) is 5.75 Å². The van der Waals surface area contributed by atoms with Crippen LogP contribution in [0.2, 0.25) is 0 Å². The summed E-state index contributed by atoms with van der Waals surface area (Å²) in [5.41, 5.74) is 6.04. The van der Waals surface area contributed by atoms with E-state index in [0.717, 1.165) is 51.6 Å². The number of carbonyl (C=O) groups is 2. The van der Waals surface area contributed by atoms with Gasteiger partial charge in [0.05, 0.1) is 5.54 Å². The van der Waals surface area contributed by atoms with E-state index in [1.54, 1.807) is 24.3 Å². The van der Waals surface area contributed by atoms with E-state index >= 15 is 0 Å². The normalized spacial score (nSPS) is 18.5. The average Bonchev–Trinajstić information content (AvgIpc) is 3.25. The number of anilines is 1. The molecule has 2 aliphatic rings. The van der Waals surface area contributed by atoms with E-state index in [-0.39, 0.29) is 30.8 Å². The first-order valence-electron chi connectivity index (χ1n) is 8.68. The van der Waals surface area contributed by atoms with Crippen molar-refractivity contribution in [3.63, 3.8) is 0 Å². The minimum absolute atomic E-state index is 0. The fraction of sp³-hybridized carbons (Fsp3) is 0.556. The molecule has 1 aliphatic heterocycles. The molecule has 138 valence electrons. The molecule has 2 fully saturated rings. The van der Waals surface area contributed by atoms with Crippen LogP contribution in [0.3, 0.4) is 0 Å². The summed E-state index contributed by atoms with van der Waals surface area (Å²) in [6, 6.07) is 7.10. The lowest BCUT2D eigenvalue weighted by Gasteiger charge is -2.22. The number of halogens is 1. The molecule has 0 aromatic heterocycles. The zero-order valence-electron chi connectivity index (χ0n) is 14.3. The van der Waals surface area contributed by atoms with Gasteiger partial charge in [0.25, 0.3) is 5.91 Å². The molecule has 1 saturated carbocycles. The monoisotopic (exact) mass is 367 g/mol. The molecule has 6 nitrogen and oxygen atoms in total. The number of hydrogen-bond donors (Lipinski definition) is 2. The number of ether oxygens (including phenoxy) is 1. The molecule has 0 unspecified atom stereocenters. The standard InChI is InChI=1S/C18H25N3O3.ClH/c19-18(8-1-2-9-18)17(23)20-14-6-5-7-15(12-14)24-13-16(22)21-10-3-4-11-21;/h5-7,12H,1-4,8-11,13,19H2,(H,20,23);1H. The highest BCUT2D eigenvalue weighted by Crippen LogP contribution is 2.29. The maximum Gasteiger partial charge on any atom is 0.260 e. The summed E-state index contributed by atoms with van der Waals surface area (Å²) < 4.78 is 5.58. The summed E-state index contributed by atoms with van der Waals surface area (Å²) in [5.74, 6) is 0.428. The van der Waals surface area contributed by atoms with E-state index in [9.17, 15) is 9.59 Å². The maximum absolute atomic E-state index is 12.4.